The fraction of sp³-hybridized carbons (Fsp3) is 0.350. The summed E-state index contributed by atoms with van der Waals surface area (Å²) in [5.41, 5.74) is 1.74. The lowest BCUT2D eigenvalue weighted by Gasteiger charge is -2.22. The number of benzene rings is 1. The molecule has 3 heterocycles. The second-order valence-corrected chi connectivity index (χ2v) is 7.80. The van der Waals surface area contributed by atoms with Gasteiger partial charge in [-0.3, -0.25) is 4.79 Å². The first-order valence-corrected chi connectivity index (χ1v) is 10.2. The molecule has 0 spiro atoms. The van der Waals surface area contributed by atoms with E-state index in [1.165, 1.54) is 0 Å². The van der Waals surface area contributed by atoms with Crippen molar-refractivity contribution in [2.45, 2.75) is 19.3 Å². The molecule has 0 saturated heterocycles. The predicted octanol–water partition coefficient (Wildman–Crippen LogP) is 3.68. The number of amides is 1. The summed E-state index contributed by atoms with van der Waals surface area (Å²) in [5.74, 6) is 2.91. The predicted molar refractivity (Wildman–Crippen MR) is 114 cm³/mol. The standard InChI is InChI=1S/C20H21ClN6O3/c1-22-17-9-16(24-13-7-12(21)8-15-19(13)30-5-4-29-15)26-20-14(10-23-27(17)20)25-18(28)6-11-2-3-11/h7-11,22H,2-6H2,1H3,(H,24,26)(H,25,28). The normalized spacial score (nSPS) is 15.1. The Morgan fingerprint density at radius 1 is 1.23 bits per heavy atom. The zero-order valence-electron chi connectivity index (χ0n) is 16.4. The van der Waals surface area contributed by atoms with E-state index >= 15 is 0 Å². The highest BCUT2D eigenvalue weighted by Gasteiger charge is 2.25. The number of fused-ring (bicyclic) bond motifs is 2. The summed E-state index contributed by atoms with van der Waals surface area (Å²) >= 11 is 6.24. The van der Waals surface area contributed by atoms with Crippen molar-refractivity contribution in [1.82, 2.24) is 14.6 Å². The number of rotatable bonds is 6. The molecule has 0 radical (unpaired) electrons. The summed E-state index contributed by atoms with van der Waals surface area (Å²) < 4.78 is 13.1. The Morgan fingerprint density at radius 2 is 2.07 bits per heavy atom. The molecule has 1 saturated carbocycles. The molecule has 9 nitrogen and oxygen atoms in total. The Balaban J connectivity index is 1.49. The maximum atomic E-state index is 12.3. The molecule has 3 aromatic rings. The van der Waals surface area contributed by atoms with Gasteiger partial charge in [-0.2, -0.15) is 9.61 Å². The van der Waals surface area contributed by atoms with Crippen molar-refractivity contribution in [1.29, 1.82) is 0 Å². The van der Waals surface area contributed by atoms with Crippen LogP contribution in [0.25, 0.3) is 5.65 Å². The molecule has 2 aromatic heterocycles. The van der Waals surface area contributed by atoms with E-state index in [2.05, 4.69) is 26.0 Å². The average Bonchev–Trinajstić information content (AvgIpc) is 3.46. The lowest BCUT2D eigenvalue weighted by Crippen LogP contribution is -2.16. The molecule has 30 heavy (non-hydrogen) atoms. The number of nitrogens with zero attached hydrogens (tertiary/aromatic N) is 3. The van der Waals surface area contributed by atoms with Crippen molar-refractivity contribution in [3.63, 3.8) is 0 Å². The van der Waals surface area contributed by atoms with Crippen LogP contribution in [0.15, 0.2) is 24.4 Å². The van der Waals surface area contributed by atoms with E-state index in [0.29, 0.717) is 70.7 Å². The first-order chi connectivity index (χ1) is 14.6. The number of carbonyl (C=O) groups excluding carboxylic acids is 1. The summed E-state index contributed by atoms with van der Waals surface area (Å²) in [4.78, 5) is 16.9. The molecule has 156 valence electrons. The van der Waals surface area contributed by atoms with Gasteiger partial charge in [-0.1, -0.05) is 11.6 Å². The van der Waals surface area contributed by atoms with Crippen molar-refractivity contribution in [2.24, 2.45) is 5.92 Å². The van der Waals surface area contributed by atoms with Gasteiger partial charge in [0.2, 0.25) is 5.91 Å². The van der Waals surface area contributed by atoms with Gasteiger partial charge in [-0.15, -0.1) is 0 Å². The first kappa shape index (κ1) is 18.8. The second kappa shape index (κ2) is 7.56. The Labute approximate surface area is 177 Å². The van der Waals surface area contributed by atoms with Crippen LogP contribution < -0.4 is 25.4 Å². The first-order valence-electron chi connectivity index (χ1n) is 9.83. The van der Waals surface area contributed by atoms with E-state index in [1.807, 2.05) is 6.07 Å². The highest BCUT2D eigenvalue weighted by Crippen LogP contribution is 2.41. The summed E-state index contributed by atoms with van der Waals surface area (Å²) in [6, 6.07) is 5.29. The topological polar surface area (TPSA) is 102 Å². The summed E-state index contributed by atoms with van der Waals surface area (Å²) in [6.45, 7) is 0.929. The van der Waals surface area contributed by atoms with E-state index in [1.54, 1.807) is 29.9 Å². The molecule has 2 aliphatic rings. The smallest absolute Gasteiger partial charge is 0.224 e. The number of aromatic nitrogens is 3. The zero-order chi connectivity index (χ0) is 20.7. The lowest BCUT2D eigenvalue weighted by molar-refractivity contribution is -0.116. The van der Waals surface area contributed by atoms with Crippen molar-refractivity contribution < 1.29 is 14.3 Å². The quantitative estimate of drug-likeness (QED) is 0.550. The van der Waals surface area contributed by atoms with Crippen molar-refractivity contribution >= 4 is 46.2 Å². The van der Waals surface area contributed by atoms with Gasteiger partial charge in [-0.05, 0) is 24.8 Å². The molecule has 1 aliphatic carbocycles. The fourth-order valence-corrected chi connectivity index (χ4v) is 3.64. The molecular formula is C20H21ClN6O3. The molecule has 1 fully saturated rings. The Kier molecular flexibility index (Phi) is 4.74. The molecule has 5 rings (SSSR count). The molecule has 0 atom stereocenters. The van der Waals surface area contributed by atoms with Gasteiger partial charge in [0.15, 0.2) is 17.1 Å². The van der Waals surface area contributed by atoms with Crippen LogP contribution in [-0.2, 0) is 4.79 Å². The number of nitrogens with one attached hydrogen (secondary N) is 3. The van der Waals surface area contributed by atoms with Crippen LogP contribution in [0.4, 0.5) is 23.0 Å². The van der Waals surface area contributed by atoms with Crippen molar-refractivity contribution in [3.8, 4) is 11.5 Å². The largest absolute Gasteiger partial charge is 0.486 e. The zero-order valence-corrected chi connectivity index (χ0v) is 17.1. The third-order valence-electron chi connectivity index (χ3n) is 5.04. The second-order valence-electron chi connectivity index (χ2n) is 7.37. The molecule has 1 aliphatic heterocycles. The maximum absolute atomic E-state index is 12.3. The molecule has 0 bridgehead atoms. The Bertz CT molecular complexity index is 1130. The van der Waals surface area contributed by atoms with E-state index in [-0.39, 0.29) is 5.91 Å². The maximum Gasteiger partial charge on any atom is 0.224 e. The molecule has 1 amide bonds. The summed E-state index contributed by atoms with van der Waals surface area (Å²) in [5, 5.41) is 14.2. The highest BCUT2D eigenvalue weighted by atomic mass is 35.5. The third-order valence-corrected chi connectivity index (χ3v) is 5.26. The SMILES string of the molecule is CNc1cc(Nc2cc(Cl)cc3c2OCCO3)nc2c(NC(=O)CC3CC3)cnn12. The van der Waals surface area contributed by atoms with Gasteiger partial charge in [0.05, 0.1) is 11.9 Å². The molecule has 3 N–H and O–H groups in total. The van der Waals surface area contributed by atoms with Crippen LogP contribution >= 0.6 is 11.6 Å². The van der Waals surface area contributed by atoms with E-state index in [0.717, 1.165) is 12.8 Å². The number of halogens is 1. The van der Waals surface area contributed by atoms with Gasteiger partial charge < -0.3 is 25.4 Å². The lowest BCUT2D eigenvalue weighted by atomic mass is 10.2. The molecule has 1 aromatic carbocycles. The van der Waals surface area contributed by atoms with Gasteiger partial charge in [-0.25, -0.2) is 4.98 Å². The third kappa shape index (κ3) is 3.68. The number of anilines is 4. The van der Waals surface area contributed by atoms with Crippen LogP contribution in [-0.4, -0.2) is 40.8 Å². The van der Waals surface area contributed by atoms with Gasteiger partial charge in [0.1, 0.15) is 30.5 Å². The summed E-state index contributed by atoms with van der Waals surface area (Å²) in [7, 11) is 1.80. The minimum atomic E-state index is -0.0203. The minimum absolute atomic E-state index is 0.0203. The van der Waals surface area contributed by atoms with Crippen LogP contribution in [0.1, 0.15) is 19.3 Å². The monoisotopic (exact) mass is 428 g/mol. The van der Waals surface area contributed by atoms with Crippen LogP contribution in [0.3, 0.4) is 0 Å². The van der Waals surface area contributed by atoms with E-state index < -0.39 is 0 Å². The number of ether oxygens (including phenoxy) is 2. The number of hydrogen-bond donors (Lipinski definition) is 3. The van der Waals surface area contributed by atoms with Gasteiger partial charge in [0.25, 0.3) is 0 Å². The number of hydrogen-bond acceptors (Lipinski definition) is 7. The Hall–Kier alpha value is -3.20. The van der Waals surface area contributed by atoms with E-state index in [9.17, 15) is 4.79 Å². The number of carbonyl (C=O) groups is 1. The molecule has 0 unspecified atom stereocenters. The molecule has 10 heteroatoms. The van der Waals surface area contributed by atoms with Crippen LogP contribution in [0.5, 0.6) is 11.5 Å². The fourth-order valence-electron chi connectivity index (χ4n) is 3.43. The highest BCUT2D eigenvalue weighted by molar-refractivity contribution is 6.31. The average molecular weight is 429 g/mol. The van der Waals surface area contributed by atoms with Crippen molar-refractivity contribution in [2.75, 3.05) is 36.2 Å². The van der Waals surface area contributed by atoms with Gasteiger partial charge in [0, 0.05) is 30.6 Å². The van der Waals surface area contributed by atoms with Crippen LogP contribution in [0, 0.1) is 5.92 Å². The van der Waals surface area contributed by atoms with E-state index in [4.69, 9.17) is 21.1 Å². The Morgan fingerprint density at radius 3 is 2.87 bits per heavy atom. The summed E-state index contributed by atoms with van der Waals surface area (Å²) in [6.07, 6.45) is 4.37. The van der Waals surface area contributed by atoms with Crippen molar-refractivity contribution in [3.05, 3.63) is 29.4 Å². The minimum Gasteiger partial charge on any atom is -0.486 e. The van der Waals surface area contributed by atoms with Crippen LogP contribution in [0.2, 0.25) is 5.02 Å². The van der Waals surface area contributed by atoms with Gasteiger partial charge >= 0.3 is 0 Å². The molecular weight excluding hydrogens is 408 g/mol.